The van der Waals surface area contributed by atoms with Gasteiger partial charge in [0.1, 0.15) is 11.2 Å². The summed E-state index contributed by atoms with van der Waals surface area (Å²) in [5.41, 5.74) is 7.15. The molecule has 2 heterocycles. The number of nitrogens with one attached hydrogen (secondary N) is 2. The van der Waals surface area contributed by atoms with Gasteiger partial charge in [-0.1, -0.05) is 48.0 Å². The summed E-state index contributed by atoms with van der Waals surface area (Å²) in [7, 11) is 0. The van der Waals surface area contributed by atoms with Crippen LogP contribution in [-0.4, -0.2) is 31.1 Å². The minimum Gasteiger partial charge on any atom is -0.493 e. The third-order valence-electron chi connectivity index (χ3n) is 6.99. The van der Waals surface area contributed by atoms with E-state index in [0.29, 0.717) is 24.5 Å². The lowest BCUT2D eigenvalue weighted by atomic mass is 10.00. The fourth-order valence-corrected chi connectivity index (χ4v) is 5.20. The van der Waals surface area contributed by atoms with Crippen LogP contribution in [0.3, 0.4) is 0 Å². The van der Waals surface area contributed by atoms with Crippen LogP contribution in [0.1, 0.15) is 36.0 Å². The first-order chi connectivity index (χ1) is 18.0. The van der Waals surface area contributed by atoms with Crippen LogP contribution in [-0.2, 0) is 16.1 Å². The average molecular weight is 515 g/mol. The van der Waals surface area contributed by atoms with Gasteiger partial charge in [0.15, 0.2) is 0 Å². The van der Waals surface area contributed by atoms with Crippen molar-refractivity contribution in [2.24, 2.45) is 5.92 Å². The highest BCUT2D eigenvalue weighted by molar-refractivity contribution is 7.80. The first-order valence-corrected chi connectivity index (χ1v) is 13.5. The number of carbonyl (C=O) groups is 1. The normalized spacial score (nSPS) is 19.2. The molecule has 2 aliphatic rings. The smallest absolute Gasteiger partial charge is 0.251 e. The molecule has 2 N–H and O–H groups in total. The van der Waals surface area contributed by atoms with Crippen LogP contribution in [0.4, 0.5) is 5.69 Å². The lowest BCUT2D eigenvalue weighted by molar-refractivity contribution is -0.113. The zero-order valence-electron chi connectivity index (χ0n) is 21.2. The monoisotopic (exact) mass is 514 g/mol. The Hall–Kier alpha value is -3.06. The van der Waals surface area contributed by atoms with Crippen LogP contribution in [0.5, 0.6) is 5.75 Å². The Bertz CT molecular complexity index is 1250. The topological polar surface area (TPSA) is 59.6 Å². The molecule has 0 bridgehead atoms. The summed E-state index contributed by atoms with van der Waals surface area (Å²) in [6, 6.07) is 22.7. The molecule has 1 fully saturated rings. The van der Waals surface area contributed by atoms with Crippen molar-refractivity contribution >= 4 is 30.3 Å². The maximum absolute atomic E-state index is 13.1. The largest absolute Gasteiger partial charge is 0.493 e. The van der Waals surface area contributed by atoms with Gasteiger partial charge in [0.05, 0.1) is 6.61 Å². The minimum atomic E-state index is -0.0936. The number of ether oxygens (including phenoxy) is 2. The fourth-order valence-electron chi connectivity index (χ4n) is 4.79. The zero-order valence-corrected chi connectivity index (χ0v) is 22.1. The van der Waals surface area contributed by atoms with E-state index in [4.69, 9.17) is 9.47 Å². The summed E-state index contributed by atoms with van der Waals surface area (Å²) < 4.78 is 11.4. The molecule has 3 aromatic rings. The number of amides is 1. The van der Waals surface area contributed by atoms with E-state index in [2.05, 4.69) is 78.7 Å². The minimum absolute atomic E-state index is 0.0577. The summed E-state index contributed by atoms with van der Waals surface area (Å²) in [4.78, 5) is 13.1. The maximum Gasteiger partial charge on any atom is 0.251 e. The highest BCUT2D eigenvalue weighted by atomic mass is 32.1. The first-order valence-electron chi connectivity index (χ1n) is 13.0. The predicted molar refractivity (Wildman–Crippen MR) is 153 cm³/mol. The third kappa shape index (κ3) is 6.83. The lowest BCUT2D eigenvalue weighted by Gasteiger charge is -2.26. The molecular weight excluding hydrogens is 480 g/mol. The van der Waals surface area contributed by atoms with Crippen LogP contribution >= 0.6 is 12.6 Å². The van der Waals surface area contributed by atoms with Gasteiger partial charge in [0, 0.05) is 36.4 Å². The Balaban J connectivity index is 1.20. The van der Waals surface area contributed by atoms with Crippen molar-refractivity contribution in [3.05, 3.63) is 89.0 Å². The van der Waals surface area contributed by atoms with E-state index in [-0.39, 0.29) is 11.3 Å². The average Bonchev–Trinajstić information content (AvgIpc) is 3.12. The van der Waals surface area contributed by atoms with Gasteiger partial charge in [-0.05, 0) is 79.3 Å². The van der Waals surface area contributed by atoms with Crippen molar-refractivity contribution in [3.8, 4) is 16.9 Å². The molecule has 2 aliphatic heterocycles. The summed E-state index contributed by atoms with van der Waals surface area (Å²) in [5, 5.41) is 6.60. The number of aryl methyl sites for hydroxylation is 1. The van der Waals surface area contributed by atoms with Gasteiger partial charge >= 0.3 is 0 Å². The van der Waals surface area contributed by atoms with Gasteiger partial charge in [-0.3, -0.25) is 4.79 Å². The Morgan fingerprint density at radius 3 is 2.57 bits per heavy atom. The number of anilines is 1. The van der Waals surface area contributed by atoms with Crippen LogP contribution < -0.4 is 15.4 Å². The van der Waals surface area contributed by atoms with Crippen molar-refractivity contribution in [2.75, 3.05) is 25.1 Å². The van der Waals surface area contributed by atoms with E-state index in [0.717, 1.165) is 60.7 Å². The van der Waals surface area contributed by atoms with Gasteiger partial charge in [-0.15, -0.1) is 12.6 Å². The molecule has 5 rings (SSSR count). The Morgan fingerprint density at radius 2 is 1.78 bits per heavy atom. The van der Waals surface area contributed by atoms with Crippen LogP contribution in [0.25, 0.3) is 17.2 Å². The fraction of sp³-hybridized carbons (Fsp3) is 0.323. The third-order valence-corrected chi connectivity index (χ3v) is 7.35. The molecular formula is C31H34N2O3S. The second-order valence-electron chi connectivity index (χ2n) is 9.88. The van der Waals surface area contributed by atoms with Crippen molar-refractivity contribution in [2.45, 2.75) is 38.2 Å². The molecule has 0 aliphatic carbocycles. The SMILES string of the molecule is Cc1ccc(-c2ccc3c(c2)C=C(C(=O)Nc2ccc(CNCC4CCOC(S)C4)cc2)CCO3)cc1. The van der Waals surface area contributed by atoms with Crippen molar-refractivity contribution < 1.29 is 14.3 Å². The summed E-state index contributed by atoms with van der Waals surface area (Å²) in [6.45, 7) is 5.10. The molecule has 0 radical (unpaired) electrons. The molecule has 5 nitrogen and oxygen atoms in total. The van der Waals surface area contributed by atoms with Gasteiger partial charge in [-0.25, -0.2) is 0 Å². The molecule has 3 aromatic carbocycles. The second kappa shape index (κ2) is 12.0. The predicted octanol–water partition coefficient (Wildman–Crippen LogP) is 6.24. The molecule has 1 saturated heterocycles. The van der Waals surface area contributed by atoms with E-state index in [1.54, 1.807) is 0 Å². The van der Waals surface area contributed by atoms with Crippen LogP contribution in [0, 0.1) is 12.8 Å². The molecule has 0 aromatic heterocycles. The van der Waals surface area contributed by atoms with Crippen LogP contribution in [0.2, 0.25) is 0 Å². The van der Waals surface area contributed by atoms with E-state index >= 15 is 0 Å². The standard InChI is InChI=1S/C31H34N2O3S/c1-21-2-6-24(7-3-21)25-8-11-29-27(17-25)18-26(13-15-35-29)31(34)33-28-9-4-22(5-10-28)19-32-20-23-12-14-36-30(37)16-23/h2-11,17-18,23,30,32,37H,12-16,19-20H2,1H3,(H,33,34). The molecule has 37 heavy (non-hydrogen) atoms. The van der Waals surface area contributed by atoms with E-state index in [1.807, 2.05) is 24.3 Å². The van der Waals surface area contributed by atoms with Crippen LogP contribution in [0.15, 0.2) is 72.3 Å². The van der Waals surface area contributed by atoms with Crippen molar-refractivity contribution in [1.82, 2.24) is 5.32 Å². The first kappa shape index (κ1) is 25.6. The summed E-state index contributed by atoms with van der Waals surface area (Å²) >= 11 is 4.44. The number of thiol groups is 1. The summed E-state index contributed by atoms with van der Waals surface area (Å²) in [5.74, 6) is 1.31. The quantitative estimate of drug-likeness (QED) is 0.327. The van der Waals surface area contributed by atoms with E-state index in [9.17, 15) is 4.79 Å². The van der Waals surface area contributed by atoms with E-state index < -0.39 is 0 Å². The molecule has 0 spiro atoms. The maximum atomic E-state index is 13.1. The number of hydrogen-bond donors (Lipinski definition) is 3. The van der Waals surface area contributed by atoms with Crippen molar-refractivity contribution in [1.29, 1.82) is 0 Å². The second-order valence-corrected chi connectivity index (χ2v) is 10.5. The van der Waals surface area contributed by atoms with Gasteiger partial charge in [0.25, 0.3) is 5.91 Å². The molecule has 1 amide bonds. The summed E-state index contributed by atoms with van der Waals surface area (Å²) in [6.07, 6.45) is 4.58. The van der Waals surface area contributed by atoms with Gasteiger partial charge in [-0.2, -0.15) is 0 Å². The Labute approximate surface area is 224 Å². The number of carbonyl (C=O) groups excluding carboxylic acids is 1. The number of benzene rings is 3. The van der Waals surface area contributed by atoms with Crippen molar-refractivity contribution in [3.63, 3.8) is 0 Å². The van der Waals surface area contributed by atoms with Gasteiger partial charge < -0.3 is 20.1 Å². The lowest BCUT2D eigenvalue weighted by Crippen LogP contribution is -2.30. The molecule has 0 saturated carbocycles. The highest BCUT2D eigenvalue weighted by Gasteiger charge is 2.19. The molecule has 2 atom stereocenters. The van der Waals surface area contributed by atoms with E-state index in [1.165, 1.54) is 11.1 Å². The molecule has 2 unspecified atom stereocenters. The molecule has 192 valence electrons. The number of fused-ring (bicyclic) bond motifs is 1. The number of hydrogen-bond acceptors (Lipinski definition) is 5. The number of rotatable bonds is 7. The van der Waals surface area contributed by atoms with Gasteiger partial charge in [0.2, 0.25) is 0 Å². The highest BCUT2D eigenvalue weighted by Crippen LogP contribution is 2.31. The zero-order chi connectivity index (χ0) is 25.6. The Morgan fingerprint density at radius 1 is 1.00 bits per heavy atom. The Kier molecular flexibility index (Phi) is 8.29. The molecule has 6 heteroatoms.